The van der Waals surface area contributed by atoms with Crippen LogP contribution >= 0.6 is 11.8 Å². The van der Waals surface area contributed by atoms with Crippen molar-refractivity contribution in [1.82, 2.24) is 9.97 Å². The number of aromatic nitrogens is 2. The minimum Gasteiger partial charge on any atom is -0.382 e. The van der Waals surface area contributed by atoms with Crippen LogP contribution in [0.2, 0.25) is 0 Å². The summed E-state index contributed by atoms with van der Waals surface area (Å²) in [5.41, 5.74) is 5.83. The molecule has 0 aliphatic carbocycles. The van der Waals surface area contributed by atoms with Gasteiger partial charge in [-0.3, -0.25) is 5.41 Å². The lowest BCUT2D eigenvalue weighted by atomic mass is 10.4. The van der Waals surface area contributed by atoms with Gasteiger partial charge >= 0.3 is 0 Å². The SMILES string of the molecule is CC(C)Sc1nccnc1C(=N)N. The van der Waals surface area contributed by atoms with Crippen molar-refractivity contribution in [1.29, 1.82) is 5.41 Å². The van der Waals surface area contributed by atoms with Crippen LogP contribution < -0.4 is 5.73 Å². The first-order valence-corrected chi connectivity index (χ1v) is 4.81. The number of thioether (sulfide) groups is 1. The molecule has 0 radical (unpaired) electrons. The second-order valence-electron chi connectivity index (χ2n) is 2.79. The van der Waals surface area contributed by atoms with Crippen LogP contribution in [-0.4, -0.2) is 21.1 Å². The molecule has 1 aromatic heterocycles. The molecular weight excluding hydrogens is 184 g/mol. The lowest BCUT2D eigenvalue weighted by Crippen LogP contribution is -2.15. The molecule has 4 nitrogen and oxygen atoms in total. The Labute approximate surface area is 81.5 Å². The van der Waals surface area contributed by atoms with E-state index in [0.29, 0.717) is 10.9 Å². The maximum atomic E-state index is 7.28. The normalized spacial score (nSPS) is 10.4. The van der Waals surface area contributed by atoms with Gasteiger partial charge in [-0.1, -0.05) is 13.8 Å². The number of nitrogens with one attached hydrogen (secondary N) is 1. The summed E-state index contributed by atoms with van der Waals surface area (Å²) in [4.78, 5) is 8.12. The van der Waals surface area contributed by atoms with Gasteiger partial charge in [0.15, 0.2) is 0 Å². The molecule has 0 unspecified atom stereocenters. The number of nitrogens with zero attached hydrogens (tertiary/aromatic N) is 2. The van der Waals surface area contributed by atoms with Crippen molar-refractivity contribution in [3.8, 4) is 0 Å². The quantitative estimate of drug-likeness (QED) is 0.433. The summed E-state index contributed by atoms with van der Waals surface area (Å²) in [7, 11) is 0. The van der Waals surface area contributed by atoms with Crippen LogP contribution in [0.4, 0.5) is 0 Å². The summed E-state index contributed by atoms with van der Waals surface area (Å²) < 4.78 is 0. The molecule has 0 saturated carbocycles. The Hall–Kier alpha value is -1.10. The number of nitrogen functional groups attached to an aromatic ring is 1. The lowest BCUT2D eigenvalue weighted by Gasteiger charge is -2.06. The fourth-order valence-electron chi connectivity index (χ4n) is 0.820. The molecule has 1 rings (SSSR count). The van der Waals surface area contributed by atoms with Gasteiger partial charge in [0.05, 0.1) is 0 Å². The first-order valence-electron chi connectivity index (χ1n) is 3.93. The molecule has 0 atom stereocenters. The summed E-state index contributed by atoms with van der Waals surface area (Å²) in [5.74, 6) is -0.0312. The molecule has 1 aromatic rings. The van der Waals surface area contributed by atoms with Crippen molar-refractivity contribution >= 4 is 17.6 Å². The summed E-state index contributed by atoms with van der Waals surface area (Å²) in [6, 6.07) is 0. The molecule has 0 spiro atoms. The molecule has 5 heteroatoms. The molecule has 70 valence electrons. The Balaban J connectivity index is 2.98. The number of rotatable bonds is 3. The van der Waals surface area contributed by atoms with E-state index in [4.69, 9.17) is 11.1 Å². The van der Waals surface area contributed by atoms with Gasteiger partial charge in [0.2, 0.25) is 0 Å². The molecule has 0 amide bonds. The highest BCUT2D eigenvalue weighted by molar-refractivity contribution is 7.99. The second-order valence-corrected chi connectivity index (χ2v) is 4.36. The third kappa shape index (κ3) is 2.69. The van der Waals surface area contributed by atoms with E-state index in [-0.39, 0.29) is 5.84 Å². The number of hydrogen-bond donors (Lipinski definition) is 2. The Bertz CT molecular complexity index is 311. The first-order chi connectivity index (χ1) is 6.11. The van der Waals surface area contributed by atoms with Crippen LogP contribution in [0.3, 0.4) is 0 Å². The van der Waals surface area contributed by atoms with Crippen molar-refractivity contribution in [3.05, 3.63) is 18.1 Å². The predicted molar refractivity (Wildman–Crippen MR) is 54.0 cm³/mol. The van der Waals surface area contributed by atoms with Gasteiger partial charge in [0, 0.05) is 17.6 Å². The van der Waals surface area contributed by atoms with E-state index in [1.165, 1.54) is 0 Å². The zero-order valence-electron chi connectivity index (χ0n) is 7.61. The van der Waals surface area contributed by atoms with Crippen LogP contribution in [0.25, 0.3) is 0 Å². The number of nitrogens with two attached hydrogens (primary N) is 1. The van der Waals surface area contributed by atoms with Crippen LogP contribution in [0.1, 0.15) is 19.5 Å². The van der Waals surface area contributed by atoms with Crippen molar-refractivity contribution in [2.45, 2.75) is 24.1 Å². The van der Waals surface area contributed by atoms with Gasteiger partial charge < -0.3 is 5.73 Å². The van der Waals surface area contributed by atoms with Crippen LogP contribution in [-0.2, 0) is 0 Å². The van der Waals surface area contributed by atoms with Gasteiger partial charge in [0.1, 0.15) is 16.6 Å². The average Bonchev–Trinajstić information content (AvgIpc) is 2.03. The van der Waals surface area contributed by atoms with E-state index in [1.807, 2.05) is 0 Å². The minimum absolute atomic E-state index is 0.0312. The van der Waals surface area contributed by atoms with E-state index in [0.717, 1.165) is 5.03 Å². The molecule has 3 N–H and O–H groups in total. The van der Waals surface area contributed by atoms with Crippen LogP contribution in [0.5, 0.6) is 0 Å². The molecule has 0 aliphatic heterocycles. The lowest BCUT2D eigenvalue weighted by molar-refractivity contribution is 1.01. The van der Waals surface area contributed by atoms with E-state index in [2.05, 4.69) is 23.8 Å². The van der Waals surface area contributed by atoms with Gasteiger partial charge in [0.25, 0.3) is 0 Å². The van der Waals surface area contributed by atoms with Crippen molar-refractivity contribution in [2.75, 3.05) is 0 Å². The summed E-state index contributed by atoms with van der Waals surface area (Å²) in [5, 5.41) is 8.42. The maximum Gasteiger partial charge on any atom is 0.144 e. The third-order valence-corrected chi connectivity index (χ3v) is 2.26. The van der Waals surface area contributed by atoms with Gasteiger partial charge in [-0.2, -0.15) is 0 Å². The Morgan fingerprint density at radius 2 is 2.08 bits per heavy atom. The number of hydrogen-bond acceptors (Lipinski definition) is 4. The minimum atomic E-state index is -0.0312. The fourth-order valence-corrected chi connectivity index (χ4v) is 1.66. The third-order valence-electron chi connectivity index (χ3n) is 1.27. The summed E-state index contributed by atoms with van der Waals surface area (Å²) in [6.45, 7) is 4.12. The molecule has 13 heavy (non-hydrogen) atoms. The maximum absolute atomic E-state index is 7.28. The zero-order valence-corrected chi connectivity index (χ0v) is 8.43. The summed E-state index contributed by atoms with van der Waals surface area (Å²) >= 11 is 1.56. The smallest absolute Gasteiger partial charge is 0.144 e. The van der Waals surface area contributed by atoms with E-state index in [9.17, 15) is 0 Å². The highest BCUT2D eigenvalue weighted by atomic mass is 32.2. The van der Waals surface area contributed by atoms with Gasteiger partial charge in [-0.25, -0.2) is 9.97 Å². The molecular formula is C8H12N4S. The predicted octanol–water partition coefficient (Wildman–Crippen LogP) is 1.26. The van der Waals surface area contributed by atoms with Crippen molar-refractivity contribution in [2.24, 2.45) is 5.73 Å². The Morgan fingerprint density at radius 1 is 1.46 bits per heavy atom. The van der Waals surface area contributed by atoms with Gasteiger partial charge in [-0.15, -0.1) is 11.8 Å². The molecule has 0 aromatic carbocycles. The highest BCUT2D eigenvalue weighted by Crippen LogP contribution is 2.22. The first kappa shape index (κ1) is 9.98. The molecule has 0 fully saturated rings. The van der Waals surface area contributed by atoms with Crippen molar-refractivity contribution in [3.63, 3.8) is 0 Å². The van der Waals surface area contributed by atoms with E-state index >= 15 is 0 Å². The van der Waals surface area contributed by atoms with Crippen molar-refractivity contribution < 1.29 is 0 Å². The zero-order chi connectivity index (χ0) is 9.84. The van der Waals surface area contributed by atoms with Crippen LogP contribution in [0.15, 0.2) is 17.4 Å². The largest absolute Gasteiger partial charge is 0.382 e. The second kappa shape index (κ2) is 4.23. The van der Waals surface area contributed by atoms with Gasteiger partial charge in [-0.05, 0) is 0 Å². The van der Waals surface area contributed by atoms with E-state index < -0.39 is 0 Å². The standard InChI is InChI=1S/C8H12N4S/c1-5(2)13-8-6(7(9)10)11-3-4-12-8/h3-5H,1-2H3,(H3,9,10). The number of amidine groups is 1. The molecule has 1 heterocycles. The molecule has 0 bridgehead atoms. The van der Waals surface area contributed by atoms with Crippen LogP contribution in [0, 0.1) is 5.41 Å². The highest BCUT2D eigenvalue weighted by Gasteiger charge is 2.09. The monoisotopic (exact) mass is 196 g/mol. The summed E-state index contributed by atoms with van der Waals surface area (Å²) in [6.07, 6.45) is 3.15. The average molecular weight is 196 g/mol. The van der Waals surface area contributed by atoms with E-state index in [1.54, 1.807) is 24.2 Å². The Kier molecular flexibility index (Phi) is 3.25. The Morgan fingerprint density at radius 3 is 2.62 bits per heavy atom. The fraction of sp³-hybridized carbons (Fsp3) is 0.375. The molecule has 0 saturated heterocycles. The topological polar surface area (TPSA) is 75.7 Å². The molecule has 0 aliphatic rings.